The summed E-state index contributed by atoms with van der Waals surface area (Å²) < 4.78 is 10.8. The zero-order chi connectivity index (χ0) is 13.3. The van der Waals surface area contributed by atoms with Crippen LogP contribution in [0.3, 0.4) is 0 Å². The molecular weight excluding hydrogens is 256 g/mol. The van der Waals surface area contributed by atoms with Crippen LogP contribution >= 0.6 is 11.6 Å². The number of hydrogen-bond acceptors (Lipinski definition) is 5. The first-order valence-electron chi connectivity index (χ1n) is 5.71. The van der Waals surface area contributed by atoms with Gasteiger partial charge in [-0.2, -0.15) is 0 Å². The van der Waals surface area contributed by atoms with Gasteiger partial charge >= 0.3 is 7.12 Å². The second-order valence-corrected chi connectivity index (χ2v) is 4.62. The number of hydrogen-bond donors (Lipinski definition) is 3. The summed E-state index contributed by atoms with van der Waals surface area (Å²) in [4.78, 5) is 0. The minimum atomic E-state index is -1.11. The Morgan fingerprint density at radius 2 is 2.33 bits per heavy atom. The summed E-state index contributed by atoms with van der Waals surface area (Å²) in [7, 11) is -1.11. The van der Waals surface area contributed by atoms with E-state index in [-0.39, 0.29) is 19.3 Å². The normalized spacial score (nSPS) is 19.8. The van der Waals surface area contributed by atoms with E-state index in [4.69, 9.17) is 31.8 Å². The third-order valence-electron chi connectivity index (χ3n) is 2.83. The Hall–Kier alpha value is -0.785. The Bertz CT molecular complexity index is 443. The SMILES string of the molecule is CC(N)[C@H]1OB(O)c2c(OCCO)ccc(Cl)c21. The molecule has 0 saturated carbocycles. The highest BCUT2D eigenvalue weighted by Gasteiger charge is 2.41. The Kier molecular flexibility index (Phi) is 4.14. The van der Waals surface area contributed by atoms with E-state index in [1.807, 2.05) is 0 Å². The highest BCUT2D eigenvalue weighted by atomic mass is 35.5. The third-order valence-corrected chi connectivity index (χ3v) is 3.16. The number of aliphatic hydroxyl groups excluding tert-OH is 1. The number of halogens is 1. The molecule has 0 aliphatic carbocycles. The Morgan fingerprint density at radius 3 is 2.94 bits per heavy atom. The molecule has 4 N–H and O–H groups in total. The Labute approximate surface area is 111 Å². The van der Waals surface area contributed by atoms with Gasteiger partial charge in [-0.05, 0) is 19.1 Å². The topological polar surface area (TPSA) is 84.9 Å². The van der Waals surface area contributed by atoms with Crippen molar-refractivity contribution in [1.82, 2.24) is 0 Å². The largest absolute Gasteiger partial charge is 0.495 e. The van der Waals surface area contributed by atoms with E-state index in [0.717, 1.165) is 0 Å². The lowest BCUT2D eigenvalue weighted by atomic mass is 9.78. The molecule has 2 rings (SSSR count). The molecule has 0 saturated heterocycles. The van der Waals surface area contributed by atoms with Crippen molar-refractivity contribution in [2.75, 3.05) is 13.2 Å². The lowest BCUT2D eigenvalue weighted by Crippen LogP contribution is -2.30. The molecule has 0 amide bonds. The average molecular weight is 272 g/mol. The molecule has 0 radical (unpaired) electrons. The predicted octanol–water partition coefficient (Wildman–Crippen LogP) is -0.183. The van der Waals surface area contributed by atoms with Gasteiger partial charge in [-0.3, -0.25) is 0 Å². The molecule has 7 heteroatoms. The van der Waals surface area contributed by atoms with Crippen molar-refractivity contribution < 1.29 is 19.5 Å². The van der Waals surface area contributed by atoms with Crippen LogP contribution in [0.4, 0.5) is 0 Å². The maximum Gasteiger partial charge on any atom is 0.495 e. The van der Waals surface area contributed by atoms with Crippen molar-refractivity contribution in [2.45, 2.75) is 19.1 Å². The van der Waals surface area contributed by atoms with Crippen LogP contribution in [0.1, 0.15) is 18.6 Å². The van der Waals surface area contributed by atoms with Gasteiger partial charge in [0, 0.05) is 22.1 Å². The summed E-state index contributed by atoms with van der Waals surface area (Å²) in [5, 5.41) is 19.2. The first-order chi connectivity index (χ1) is 8.56. The van der Waals surface area contributed by atoms with E-state index >= 15 is 0 Å². The van der Waals surface area contributed by atoms with Gasteiger partial charge in [0.05, 0.1) is 12.7 Å². The summed E-state index contributed by atoms with van der Waals surface area (Å²) in [5.41, 5.74) is 6.98. The minimum absolute atomic E-state index is 0.106. The van der Waals surface area contributed by atoms with E-state index in [9.17, 15) is 5.02 Å². The van der Waals surface area contributed by atoms with Crippen LogP contribution < -0.4 is 15.9 Å². The molecule has 0 fully saturated rings. The Balaban J connectivity index is 2.44. The van der Waals surface area contributed by atoms with Crippen molar-refractivity contribution >= 4 is 24.2 Å². The summed E-state index contributed by atoms with van der Waals surface area (Å²) in [6, 6.07) is 3.02. The molecule has 0 bridgehead atoms. The molecule has 1 heterocycles. The molecular formula is C11H15BClNO4. The van der Waals surface area contributed by atoms with Crippen LogP contribution in [0, 0.1) is 0 Å². The first-order valence-corrected chi connectivity index (χ1v) is 6.09. The second-order valence-electron chi connectivity index (χ2n) is 4.21. The summed E-state index contributed by atoms with van der Waals surface area (Å²) in [5.74, 6) is 0.458. The second kappa shape index (κ2) is 5.46. The fourth-order valence-electron chi connectivity index (χ4n) is 2.08. The van der Waals surface area contributed by atoms with E-state index in [2.05, 4.69) is 0 Å². The van der Waals surface area contributed by atoms with Crippen LogP contribution in [0.15, 0.2) is 12.1 Å². The standard InChI is InChI=1S/C11H15BClNO4/c1-6(14)11-9-7(13)2-3-8(17-5-4-15)10(9)12(16)18-11/h2-3,6,11,15-16H,4-5,14H2,1H3/t6?,11-/m1/s1. The number of fused-ring (bicyclic) bond motifs is 1. The van der Waals surface area contributed by atoms with Gasteiger partial charge < -0.3 is 25.3 Å². The highest BCUT2D eigenvalue weighted by Crippen LogP contribution is 2.34. The van der Waals surface area contributed by atoms with E-state index in [1.165, 1.54) is 0 Å². The number of aliphatic hydroxyl groups is 1. The Morgan fingerprint density at radius 1 is 1.61 bits per heavy atom. The van der Waals surface area contributed by atoms with Gasteiger partial charge in [0.1, 0.15) is 12.4 Å². The smallest absolute Gasteiger partial charge is 0.492 e. The van der Waals surface area contributed by atoms with Crippen molar-refractivity contribution in [1.29, 1.82) is 0 Å². The molecule has 18 heavy (non-hydrogen) atoms. The van der Waals surface area contributed by atoms with Gasteiger partial charge in [0.15, 0.2) is 0 Å². The van der Waals surface area contributed by atoms with Crippen LogP contribution in [0.2, 0.25) is 5.02 Å². The van der Waals surface area contributed by atoms with Gasteiger partial charge in [-0.15, -0.1) is 0 Å². The van der Waals surface area contributed by atoms with Crippen LogP contribution in [0.5, 0.6) is 5.75 Å². The fraction of sp³-hybridized carbons (Fsp3) is 0.455. The molecule has 0 aromatic heterocycles. The predicted molar refractivity (Wildman–Crippen MR) is 69.1 cm³/mol. The molecule has 98 valence electrons. The molecule has 1 unspecified atom stereocenters. The summed E-state index contributed by atoms with van der Waals surface area (Å²) in [6.07, 6.45) is -0.458. The molecule has 1 aliphatic heterocycles. The number of rotatable bonds is 4. The summed E-state index contributed by atoms with van der Waals surface area (Å²) in [6.45, 7) is 1.82. The van der Waals surface area contributed by atoms with E-state index in [1.54, 1.807) is 19.1 Å². The van der Waals surface area contributed by atoms with Crippen molar-refractivity contribution in [2.24, 2.45) is 5.73 Å². The van der Waals surface area contributed by atoms with Gasteiger partial charge in [0.25, 0.3) is 0 Å². The molecule has 1 aromatic rings. The average Bonchev–Trinajstić information content (AvgIpc) is 2.68. The van der Waals surface area contributed by atoms with E-state index < -0.39 is 13.2 Å². The number of benzene rings is 1. The first kappa shape index (κ1) is 13.6. The zero-order valence-electron chi connectivity index (χ0n) is 9.97. The lowest BCUT2D eigenvalue weighted by molar-refractivity contribution is 0.168. The molecule has 5 nitrogen and oxygen atoms in total. The van der Waals surface area contributed by atoms with Crippen LogP contribution in [-0.4, -0.2) is 36.5 Å². The number of ether oxygens (including phenoxy) is 1. The van der Waals surface area contributed by atoms with Crippen LogP contribution in [0.25, 0.3) is 0 Å². The van der Waals surface area contributed by atoms with Crippen LogP contribution in [-0.2, 0) is 4.65 Å². The van der Waals surface area contributed by atoms with Gasteiger partial charge in [-0.25, -0.2) is 0 Å². The highest BCUT2D eigenvalue weighted by molar-refractivity contribution is 6.63. The molecule has 1 aliphatic rings. The lowest BCUT2D eigenvalue weighted by Gasteiger charge is -2.17. The molecule has 0 spiro atoms. The number of nitrogens with two attached hydrogens (primary N) is 1. The molecule has 2 atom stereocenters. The molecule has 1 aromatic carbocycles. The van der Waals surface area contributed by atoms with Crippen molar-refractivity contribution in [3.05, 3.63) is 22.7 Å². The summed E-state index contributed by atoms with van der Waals surface area (Å²) >= 11 is 6.13. The maximum absolute atomic E-state index is 9.93. The minimum Gasteiger partial charge on any atom is -0.492 e. The quantitative estimate of drug-likeness (QED) is 0.662. The third kappa shape index (κ3) is 2.34. The van der Waals surface area contributed by atoms with Gasteiger partial charge in [-0.1, -0.05) is 11.6 Å². The van der Waals surface area contributed by atoms with E-state index in [0.29, 0.717) is 21.8 Å². The maximum atomic E-state index is 9.93. The fourth-order valence-corrected chi connectivity index (χ4v) is 2.35. The monoisotopic (exact) mass is 271 g/mol. The van der Waals surface area contributed by atoms with Crippen molar-refractivity contribution in [3.8, 4) is 5.75 Å². The van der Waals surface area contributed by atoms with Crippen molar-refractivity contribution in [3.63, 3.8) is 0 Å². The van der Waals surface area contributed by atoms with Gasteiger partial charge in [0.2, 0.25) is 0 Å². The zero-order valence-corrected chi connectivity index (χ0v) is 10.7.